The number of rotatable bonds is 2. The van der Waals surface area contributed by atoms with Crippen LogP contribution in [0.25, 0.3) is 15.9 Å². The highest BCUT2D eigenvalue weighted by Crippen LogP contribution is 2.37. The lowest BCUT2D eigenvalue weighted by Crippen LogP contribution is -2.51. The summed E-state index contributed by atoms with van der Waals surface area (Å²) in [7, 11) is 0. The number of amides is 1. The van der Waals surface area contributed by atoms with Gasteiger partial charge in [-0.2, -0.15) is 0 Å². The number of nitrogens with one attached hydrogen (secondary N) is 1. The molecule has 1 aliphatic heterocycles. The van der Waals surface area contributed by atoms with Crippen molar-refractivity contribution in [2.45, 2.75) is 38.1 Å². The molecule has 2 aliphatic rings. The number of pyridine rings is 1. The third-order valence-electron chi connectivity index (χ3n) is 4.94. The molecule has 1 fully saturated rings. The van der Waals surface area contributed by atoms with Crippen LogP contribution in [0, 0.1) is 6.57 Å². The summed E-state index contributed by atoms with van der Waals surface area (Å²) in [6, 6.07) is 2.43. The second-order valence-electron chi connectivity index (χ2n) is 6.31. The lowest BCUT2D eigenvalue weighted by molar-refractivity contribution is 0.0752. The van der Waals surface area contributed by atoms with E-state index in [2.05, 4.69) is 19.7 Å². The molecular weight excluding hydrogens is 290 g/mol. The van der Waals surface area contributed by atoms with E-state index in [0.717, 1.165) is 29.6 Å². The Morgan fingerprint density at radius 3 is 2.96 bits per heavy atom. The number of hydrogen-bond acceptors (Lipinski definition) is 3. The van der Waals surface area contributed by atoms with Gasteiger partial charge in [0.1, 0.15) is 12.3 Å². The highest BCUT2D eigenvalue weighted by Gasteiger charge is 2.36. The number of hydrogen-bond donors (Lipinski definition) is 1. The van der Waals surface area contributed by atoms with E-state index in [-0.39, 0.29) is 12.6 Å². The first kappa shape index (κ1) is 14.1. The largest absolute Gasteiger partial charge is 0.349 e. The highest BCUT2D eigenvalue weighted by atomic mass is 16.2. The molecule has 0 atom stereocenters. The molecule has 4 rings (SSSR count). The Balaban J connectivity index is 1.85. The maximum absolute atomic E-state index is 12.7. The summed E-state index contributed by atoms with van der Waals surface area (Å²) in [6.45, 7) is 7.73. The van der Waals surface area contributed by atoms with Gasteiger partial charge < -0.3 is 9.88 Å². The van der Waals surface area contributed by atoms with E-state index in [1.54, 1.807) is 11.1 Å². The molecule has 2 aromatic heterocycles. The Kier molecular flexibility index (Phi) is 3.41. The van der Waals surface area contributed by atoms with Crippen LogP contribution in [0.2, 0.25) is 0 Å². The van der Waals surface area contributed by atoms with Gasteiger partial charge >= 0.3 is 0 Å². The zero-order chi connectivity index (χ0) is 15.8. The average Bonchev–Trinajstić information content (AvgIpc) is 3.07. The minimum absolute atomic E-state index is 0.0846. The Hall–Kier alpha value is -2.55. The van der Waals surface area contributed by atoms with Gasteiger partial charge in [0.2, 0.25) is 0 Å². The third-order valence-corrected chi connectivity index (χ3v) is 4.94. The summed E-state index contributed by atoms with van der Waals surface area (Å²) < 4.78 is 0. The zero-order valence-electron chi connectivity index (χ0n) is 13.0. The maximum atomic E-state index is 12.7. The zero-order valence-corrected chi connectivity index (χ0v) is 13.0. The molecule has 1 N–H and O–H groups in total. The third kappa shape index (κ3) is 2.24. The number of carbonyl (C=O) groups is 1. The van der Waals surface area contributed by atoms with Crippen LogP contribution in [0.3, 0.4) is 0 Å². The molecule has 23 heavy (non-hydrogen) atoms. The van der Waals surface area contributed by atoms with Crippen molar-refractivity contribution in [3.63, 3.8) is 0 Å². The van der Waals surface area contributed by atoms with Crippen molar-refractivity contribution < 1.29 is 4.79 Å². The molecule has 118 valence electrons. The number of nitrogens with zero attached hydrogens (tertiary/aromatic N) is 4. The molecule has 1 aliphatic carbocycles. The molecule has 1 saturated carbocycles. The van der Waals surface area contributed by atoms with Crippen LogP contribution < -0.4 is 4.90 Å². The Morgan fingerprint density at radius 2 is 2.17 bits per heavy atom. The van der Waals surface area contributed by atoms with Crippen LogP contribution in [-0.4, -0.2) is 40.2 Å². The molecule has 0 unspecified atom stereocenters. The smallest absolute Gasteiger partial charge is 0.293 e. The van der Waals surface area contributed by atoms with E-state index < -0.39 is 0 Å². The van der Waals surface area contributed by atoms with E-state index in [9.17, 15) is 4.79 Å². The van der Waals surface area contributed by atoms with E-state index in [1.807, 2.05) is 12.3 Å². The van der Waals surface area contributed by atoms with Gasteiger partial charge in [-0.25, -0.2) is 11.6 Å². The van der Waals surface area contributed by atoms with Crippen molar-refractivity contribution >= 4 is 22.6 Å². The molecular formula is C17H19N5O. The number of anilines is 1. The fraction of sp³-hybridized carbons (Fsp3) is 0.471. The topological polar surface area (TPSA) is 56.6 Å². The first-order valence-corrected chi connectivity index (χ1v) is 8.15. The number of carbonyl (C=O) groups excluding carboxylic acids is 1. The molecule has 6 nitrogen and oxygen atoms in total. The SMILES string of the molecule is [C-]#[N+]CN1CN(C2CCCCC2)c2c(cnc3[nH]ccc23)C1=O. The summed E-state index contributed by atoms with van der Waals surface area (Å²) in [5.41, 5.74) is 2.43. The molecule has 2 aromatic rings. The average molecular weight is 309 g/mol. The summed E-state index contributed by atoms with van der Waals surface area (Å²) in [5.74, 6) is -0.0846. The predicted octanol–water partition coefficient (Wildman–Crippen LogP) is 2.99. The molecule has 0 radical (unpaired) electrons. The van der Waals surface area contributed by atoms with Crippen LogP contribution in [0.15, 0.2) is 18.5 Å². The van der Waals surface area contributed by atoms with Gasteiger partial charge in [0.25, 0.3) is 12.6 Å². The Labute approximate surface area is 134 Å². The van der Waals surface area contributed by atoms with Crippen LogP contribution in [0.5, 0.6) is 0 Å². The predicted molar refractivity (Wildman–Crippen MR) is 88.0 cm³/mol. The fourth-order valence-corrected chi connectivity index (χ4v) is 3.83. The lowest BCUT2D eigenvalue weighted by Gasteiger charge is -2.42. The molecule has 3 heterocycles. The van der Waals surface area contributed by atoms with Gasteiger partial charge in [0.05, 0.1) is 11.3 Å². The Bertz CT molecular complexity index is 784. The van der Waals surface area contributed by atoms with Crippen molar-refractivity contribution in [3.05, 3.63) is 35.4 Å². The van der Waals surface area contributed by atoms with Crippen molar-refractivity contribution in [2.24, 2.45) is 0 Å². The van der Waals surface area contributed by atoms with Gasteiger partial charge in [-0.15, -0.1) is 0 Å². The molecule has 0 bridgehead atoms. The normalized spacial score (nSPS) is 19.0. The molecule has 0 saturated heterocycles. The first-order valence-electron chi connectivity index (χ1n) is 8.15. The van der Waals surface area contributed by atoms with Gasteiger partial charge in [-0.3, -0.25) is 14.5 Å². The summed E-state index contributed by atoms with van der Waals surface area (Å²) in [5, 5.41) is 1.00. The van der Waals surface area contributed by atoms with Crippen molar-refractivity contribution in [3.8, 4) is 0 Å². The number of H-pyrrole nitrogens is 1. The number of aromatic amines is 1. The van der Waals surface area contributed by atoms with Crippen molar-refractivity contribution in [1.29, 1.82) is 0 Å². The maximum Gasteiger partial charge on any atom is 0.293 e. The standard InChI is InChI=1S/C17H19N5O/c1-18-10-21-11-22(12-5-3-2-4-6-12)15-13-7-8-19-16(13)20-9-14(15)17(21)23/h7-9,12H,2-6,10-11H2,(H,19,20). The summed E-state index contributed by atoms with van der Waals surface area (Å²) >= 11 is 0. The minimum Gasteiger partial charge on any atom is -0.349 e. The van der Waals surface area contributed by atoms with Crippen LogP contribution >= 0.6 is 0 Å². The van der Waals surface area contributed by atoms with Crippen LogP contribution in [0.4, 0.5) is 5.69 Å². The van der Waals surface area contributed by atoms with Crippen molar-refractivity contribution in [2.75, 3.05) is 18.2 Å². The van der Waals surface area contributed by atoms with E-state index in [1.165, 1.54) is 19.3 Å². The monoisotopic (exact) mass is 309 g/mol. The molecule has 0 aromatic carbocycles. The number of fused-ring (bicyclic) bond motifs is 3. The van der Waals surface area contributed by atoms with E-state index >= 15 is 0 Å². The molecule has 0 spiro atoms. The minimum atomic E-state index is -0.0846. The van der Waals surface area contributed by atoms with Gasteiger partial charge in [-0.05, 0) is 18.9 Å². The van der Waals surface area contributed by atoms with Gasteiger partial charge in [0, 0.05) is 23.8 Å². The van der Waals surface area contributed by atoms with Gasteiger partial charge in [-0.1, -0.05) is 19.3 Å². The van der Waals surface area contributed by atoms with Crippen molar-refractivity contribution in [1.82, 2.24) is 14.9 Å². The van der Waals surface area contributed by atoms with Crippen LogP contribution in [-0.2, 0) is 0 Å². The quantitative estimate of drug-likeness (QED) is 0.868. The highest BCUT2D eigenvalue weighted by molar-refractivity contribution is 6.08. The summed E-state index contributed by atoms with van der Waals surface area (Å²) in [6.07, 6.45) is 9.57. The summed E-state index contributed by atoms with van der Waals surface area (Å²) in [4.78, 5) is 27.6. The molecule has 6 heteroatoms. The van der Waals surface area contributed by atoms with E-state index in [0.29, 0.717) is 18.3 Å². The van der Waals surface area contributed by atoms with Crippen LogP contribution in [0.1, 0.15) is 42.5 Å². The second kappa shape index (κ2) is 5.58. The van der Waals surface area contributed by atoms with E-state index in [4.69, 9.17) is 6.57 Å². The first-order chi connectivity index (χ1) is 11.3. The Morgan fingerprint density at radius 1 is 1.35 bits per heavy atom. The lowest BCUT2D eigenvalue weighted by atomic mass is 9.92. The number of aromatic nitrogens is 2. The fourth-order valence-electron chi connectivity index (χ4n) is 3.83. The second-order valence-corrected chi connectivity index (χ2v) is 6.31. The van der Waals surface area contributed by atoms with Gasteiger partial charge in [0.15, 0.2) is 0 Å². The molecule has 1 amide bonds.